The number of aliphatic carboxylic acids is 1. The number of carboxylic acid groups (broad SMARTS) is 1. The Kier molecular flexibility index (Phi) is 6.18. The maximum atomic E-state index is 12.5. The smallest absolute Gasteiger partial charge is 0.409 e. The molecule has 0 fully saturated rings. The van der Waals surface area contributed by atoms with Gasteiger partial charge in [0.2, 0.25) is 0 Å². The Labute approximate surface area is 164 Å². The normalized spacial score (nSPS) is 11.5. The number of hydrogen-bond donors (Lipinski definition) is 2. The fraction of sp³-hybridized carbons (Fsp3) is 0.333. The first kappa shape index (κ1) is 21.1. The number of carbonyl (C=O) groups excluding carboxylic acids is 1. The zero-order valence-corrected chi connectivity index (χ0v) is 16.6. The Bertz CT molecular complexity index is 774. The quantitative estimate of drug-likeness (QED) is 0.787. The molecule has 0 aliphatic heterocycles. The summed E-state index contributed by atoms with van der Waals surface area (Å²) in [6, 6.07) is 12.9. The lowest BCUT2D eigenvalue weighted by atomic mass is 9.82. The molecule has 0 saturated heterocycles. The van der Waals surface area contributed by atoms with E-state index in [1.54, 1.807) is 69.3 Å². The summed E-state index contributed by atoms with van der Waals surface area (Å²) in [6.07, 6.45) is -0.846. The Balaban J connectivity index is 2.61. The van der Waals surface area contributed by atoms with Crippen molar-refractivity contribution in [3.63, 3.8) is 0 Å². The van der Waals surface area contributed by atoms with Gasteiger partial charge in [-0.15, -0.1) is 0 Å². The molecule has 0 radical (unpaired) electrons. The highest BCUT2D eigenvalue weighted by atomic mass is 16.6. The first-order valence-corrected chi connectivity index (χ1v) is 8.66. The van der Waals surface area contributed by atoms with Gasteiger partial charge in [-0.2, -0.15) is 0 Å². The molecule has 28 heavy (non-hydrogen) atoms. The van der Waals surface area contributed by atoms with E-state index in [9.17, 15) is 14.7 Å². The molecule has 0 spiro atoms. The molecule has 7 heteroatoms. The molecule has 1 amide bonds. The van der Waals surface area contributed by atoms with Crippen molar-refractivity contribution >= 4 is 12.1 Å². The molecule has 0 unspecified atom stereocenters. The molecule has 0 aliphatic carbocycles. The van der Waals surface area contributed by atoms with E-state index in [2.05, 4.69) is 5.32 Å². The number of alkyl carbamates (subject to hydrolysis) is 1. The topological polar surface area (TPSA) is 94.1 Å². The first-order chi connectivity index (χ1) is 13.1. The minimum atomic E-state index is -1.86. The lowest BCUT2D eigenvalue weighted by Crippen LogP contribution is -2.53. The summed E-state index contributed by atoms with van der Waals surface area (Å²) in [5.74, 6) is -0.126. The van der Waals surface area contributed by atoms with Crippen LogP contribution in [0.1, 0.15) is 31.9 Å². The Hall–Kier alpha value is -3.22. The molecule has 0 atom stereocenters. The number of nitrogens with one attached hydrogen (secondary N) is 1. The lowest BCUT2D eigenvalue weighted by molar-refractivity contribution is -0.143. The molecular weight excluding hydrogens is 362 g/mol. The molecule has 2 rings (SSSR count). The number of benzene rings is 2. The Morgan fingerprint density at radius 3 is 1.50 bits per heavy atom. The molecule has 0 saturated carbocycles. The fourth-order valence-corrected chi connectivity index (χ4v) is 2.75. The lowest BCUT2D eigenvalue weighted by Gasteiger charge is -2.33. The molecule has 7 nitrogen and oxygen atoms in total. The molecule has 150 valence electrons. The van der Waals surface area contributed by atoms with Gasteiger partial charge in [0.05, 0.1) is 14.2 Å². The van der Waals surface area contributed by atoms with Crippen LogP contribution in [0, 0.1) is 0 Å². The van der Waals surface area contributed by atoms with Crippen molar-refractivity contribution in [2.45, 2.75) is 31.9 Å². The van der Waals surface area contributed by atoms with Gasteiger partial charge in [0.15, 0.2) is 5.54 Å². The monoisotopic (exact) mass is 387 g/mol. The minimum Gasteiger partial charge on any atom is -0.497 e. The maximum Gasteiger partial charge on any atom is 0.409 e. The molecule has 2 aromatic rings. The van der Waals surface area contributed by atoms with Gasteiger partial charge in [-0.25, -0.2) is 9.59 Å². The third kappa shape index (κ3) is 4.54. The highest BCUT2D eigenvalue weighted by Gasteiger charge is 2.45. The van der Waals surface area contributed by atoms with Crippen LogP contribution in [-0.4, -0.2) is 37.0 Å². The number of carboxylic acids is 1. The van der Waals surface area contributed by atoms with Crippen molar-refractivity contribution in [1.29, 1.82) is 0 Å². The van der Waals surface area contributed by atoms with E-state index in [1.807, 2.05) is 0 Å². The van der Waals surface area contributed by atoms with Gasteiger partial charge in [0.1, 0.15) is 17.1 Å². The molecule has 0 bridgehead atoms. The third-order valence-electron chi connectivity index (χ3n) is 4.06. The highest BCUT2D eigenvalue weighted by Crippen LogP contribution is 2.33. The van der Waals surface area contributed by atoms with Crippen molar-refractivity contribution in [2.75, 3.05) is 14.2 Å². The van der Waals surface area contributed by atoms with Crippen molar-refractivity contribution in [3.8, 4) is 11.5 Å². The van der Waals surface area contributed by atoms with E-state index in [1.165, 1.54) is 14.2 Å². The molecule has 0 aliphatic rings. The Morgan fingerprint density at radius 1 is 0.821 bits per heavy atom. The van der Waals surface area contributed by atoms with Gasteiger partial charge >= 0.3 is 12.1 Å². The maximum absolute atomic E-state index is 12.5. The van der Waals surface area contributed by atoms with Gasteiger partial charge in [0.25, 0.3) is 0 Å². The number of ether oxygens (including phenoxy) is 3. The van der Waals surface area contributed by atoms with Crippen LogP contribution in [0.4, 0.5) is 4.79 Å². The van der Waals surface area contributed by atoms with Crippen LogP contribution in [0.3, 0.4) is 0 Å². The summed E-state index contributed by atoms with van der Waals surface area (Å²) in [6.45, 7) is 5.11. The fourth-order valence-electron chi connectivity index (χ4n) is 2.75. The predicted molar refractivity (Wildman–Crippen MR) is 104 cm³/mol. The van der Waals surface area contributed by atoms with Crippen LogP contribution in [-0.2, 0) is 15.1 Å². The largest absolute Gasteiger partial charge is 0.497 e. The molecule has 0 aromatic heterocycles. The van der Waals surface area contributed by atoms with Crippen LogP contribution >= 0.6 is 0 Å². The van der Waals surface area contributed by atoms with E-state index in [0.717, 1.165) is 0 Å². The van der Waals surface area contributed by atoms with Gasteiger partial charge in [-0.1, -0.05) is 24.3 Å². The number of carbonyl (C=O) groups is 2. The Morgan fingerprint density at radius 2 is 1.21 bits per heavy atom. The minimum absolute atomic E-state index is 0.344. The van der Waals surface area contributed by atoms with Crippen LogP contribution in [0.15, 0.2) is 48.5 Å². The predicted octanol–water partition coefficient (Wildman–Crippen LogP) is 3.56. The van der Waals surface area contributed by atoms with Crippen LogP contribution in [0.5, 0.6) is 11.5 Å². The van der Waals surface area contributed by atoms with Crippen LogP contribution < -0.4 is 14.8 Å². The van der Waals surface area contributed by atoms with Crippen molar-refractivity contribution in [3.05, 3.63) is 59.7 Å². The first-order valence-electron chi connectivity index (χ1n) is 8.66. The summed E-state index contributed by atoms with van der Waals surface area (Å²) < 4.78 is 15.6. The van der Waals surface area contributed by atoms with Crippen LogP contribution in [0.25, 0.3) is 0 Å². The van der Waals surface area contributed by atoms with Crippen molar-refractivity contribution < 1.29 is 28.9 Å². The number of hydrogen-bond acceptors (Lipinski definition) is 5. The summed E-state index contributed by atoms with van der Waals surface area (Å²) in [5, 5.41) is 12.7. The standard InChI is InChI=1S/C21H25NO6/c1-20(2,3)28-19(25)22-21(18(23)24,14-6-10-16(26-4)11-7-14)15-8-12-17(27-5)13-9-15/h6-13H,1-5H3,(H,22,25)(H,23,24). The van der Waals surface area contributed by atoms with Crippen molar-refractivity contribution in [1.82, 2.24) is 5.32 Å². The van der Waals surface area contributed by atoms with E-state index in [4.69, 9.17) is 14.2 Å². The molecule has 2 aromatic carbocycles. The van der Waals surface area contributed by atoms with Gasteiger partial charge in [-0.05, 0) is 56.2 Å². The second-order valence-corrected chi connectivity index (χ2v) is 7.14. The average molecular weight is 387 g/mol. The molecule has 2 N–H and O–H groups in total. The summed E-state index contributed by atoms with van der Waals surface area (Å²) in [7, 11) is 3.03. The van der Waals surface area contributed by atoms with Gasteiger partial charge in [-0.3, -0.25) is 5.32 Å². The van der Waals surface area contributed by atoms with Gasteiger partial charge < -0.3 is 19.3 Å². The second kappa shape index (κ2) is 8.21. The van der Waals surface area contributed by atoms with Crippen LogP contribution in [0.2, 0.25) is 0 Å². The average Bonchev–Trinajstić information content (AvgIpc) is 2.64. The summed E-state index contributed by atoms with van der Waals surface area (Å²) in [5.41, 5.74) is -1.96. The van der Waals surface area contributed by atoms with E-state index in [0.29, 0.717) is 22.6 Å². The van der Waals surface area contributed by atoms with Crippen molar-refractivity contribution in [2.24, 2.45) is 0 Å². The van der Waals surface area contributed by atoms with E-state index in [-0.39, 0.29) is 0 Å². The zero-order valence-electron chi connectivity index (χ0n) is 16.6. The number of amides is 1. The SMILES string of the molecule is COc1ccc(C(NC(=O)OC(C)(C)C)(C(=O)O)c2ccc(OC)cc2)cc1. The highest BCUT2D eigenvalue weighted by molar-refractivity contribution is 5.90. The van der Waals surface area contributed by atoms with E-state index < -0.39 is 23.2 Å². The summed E-state index contributed by atoms with van der Waals surface area (Å²) in [4.78, 5) is 25.0. The van der Waals surface area contributed by atoms with Gasteiger partial charge in [0, 0.05) is 0 Å². The number of methoxy groups -OCH3 is 2. The molecule has 0 heterocycles. The molecular formula is C21H25NO6. The van der Waals surface area contributed by atoms with E-state index >= 15 is 0 Å². The number of rotatable bonds is 6. The third-order valence-corrected chi connectivity index (χ3v) is 4.06. The second-order valence-electron chi connectivity index (χ2n) is 7.14. The zero-order chi connectivity index (χ0) is 20.9. The summed E-state index contributed by atoms with van der Waals surface area (Å²) >= 11 is 0.